The van der Waals surface area contributed by atoms with Gasteiger partial charge < -0.3 is 15.3 Å². The summed E-state index contributed by atoms with van der Waals surface area (Å²) in [4.78, 5) is 14.6. The Balaban J connectivity index is 1.68. The second kappa shape index (κ2) is 8.28. The number of alkyl halides is 3. The zero-order valence-corrected chi connectivity index (χ0v) is 16.4. The highest BCUT2D eigenvalue weighted by atomic mass is 19.4. The average Bonchev–Trinajstić information content (AvgIpc) is 2.76. The van der Waals surface area contributed by atoms with Crippen molar-refractivity contribution in [3.63, 3.8) is 0 Å². The van der Waals surface area contributed by atoms with Crippen LogP contribution in [0.5, 0.6) is 0 Å². The van der Waals surface area contributed by atoms with Gasteiger partial charge in [0, 0.05) is 31.2 Å². The van der Waals surface area contributed by atoms with Crippen molar-refractivity contribution < 1.29 is 27.5 Å². The molecule has 0 aliphatic carbocycles. The van der Waals surface area contributed by atoms with Crippen LogP contribution in [0.3, 0.4) is 0 Å². The zero-order valence-electron chi connectivity index (χ0n) is 16.4. The Hall–Kier alpha value is -2.97. The molecule has 1 aliphatic heterocycles. The Kier molecular flexibility index (Phi) is 5.68. The number of carbonyl (C=O) groups excluding carboxylic acids is 1. The first-order chi connectivity index (χ1) is 14.8. The van der Waals surface area contributed by atoms with E-state index >= 15 is 0 Å². The van der Waals surface area contributed by atoms with Gasteiger partial charge in [0.1, 0.15) is 5.82 Å². The predicted molar refractivity (Wildman–Crippen MR) is 109 cm³/mol. The largest absolute Gasteiger partial charge is 0.419 e. The van der Waals surface area contributed by atoms with E-state index in [-0.39, 0.29) is 18.6 Å². The third kappa shape index (κ3) is 4.26. The molecular weight excluding hydrogens is 412 g/mol. The predicted octanol–water partition coefficient (Wildman–Crippen LogP) is 4.07. The average molecular weight is 432 g/mol. The lowest BCUT2D eigenvalue weighted by Crippen LogP contribution is -2.54. The van der Waals surface area contributed by atoms with Crippen LogP contribution < -0.4 is 5.32 Å². The molecule has 3 aromatic rings. The fourth-order valence-corrected chi connectivity index (χ4v) is 3.90. The second-order valence-corrected chi connectivity index (χ2v) is 7.52. The molecule has 1 fully saturated rings. The molecule has 1 saturated heterocycles. The number of rotatable bonds is 3. The standard InChI is InChI=1S/C23H20F4N2O2/c24-21-11-15(5-7-20(21)23(25,26)27)18-3-1-2-14-10-16(4-6-19(14)18)22(31)29-9-8-28-17(12-29)13-30/h1-7,10-11,17,28,30H,8-9,12-13H2. The van der Waals surface area contributed by atoms with Gasteiger partial charge in [0.15, 0.2) is 0 Å². The van der Waals surface area contributed by atoms with Crippen LogP contribution in [-0.2, 0) is 6.18 Å². The molecule has 1 aliphatic rings. The number of hydrogen-bond acceptors (Lipinski definition) is 3. The van der Waals surface area contributed by atoms with Crippen LogP contribution in [0.2, 0.25) is 0 Å². The molecule has 1 heterocycles. The number of benzene rings is 3. The van der Waals surface area contributed by atoms with Crippen molar-refractivity contribution in [3.8, 4) is 11.1 Å². The third-order valence-electron chi connectivity index (χ3n) is 5.48. The minimum absolute atomic E-state index is 0.0610. The molecule has 31 heavy (non-hydrogen) atoms. The molecule has 3 aromatic carbocycles. The van der Waals surface area contributed by atoms with Crippen molar-refractivity contribution in [2.45, 2.75) is 12.2 Å². The van der Waals surface area contributed by atoms with Gasteiger partial charge in [0.05, 0.1) is 12.2 Å². The van der Waals surface area contributed by atoms with E-state index < -0.39 is 17.6 Å². The highest BCUT2D eigenvalue weighted by molar-refractivity contribution is 6.02. The molecule has 1 amide bonds. The first-order valence-corrected chi connectivity index (χ1v) is 9.81. The van der Waals surface area contributed by atoms with Crippen LogP contribution in [-0.4, -0.2) is 48.2 Å². The first-order valence-electron chi connectivity index (χ1n) is 9.81. The summed E-state index contributed by atoms with van der Waals surface area (Å²) < 4.78 is 52.7. The normalized spacial score (nSPS) is 17.2. The first kappa shape index (κ1) is 21.3. The van der Waals surface area contributed by atoms with E-state index in [4.69, 9.17) is 0 Å². The maximum absolute atomic E-state index is 14.1. The smallest absolute Gasteiger partial charge is 0.395 e. The summed E-state index contributed by atoms with van der Waals surface area (Å²) in [5.74, 6) is -1.49. The highest BCUT2D eigenvalue weighted by Gasteiger charge is 2.34. The van der Waals surface area contributed by atoms with Crippen molar-refractivity contribution in [2.75, 3.05) is 26.2 Å². The van der Waals surface area contributed by atoms with E-state index in [2.05, 4.69) is 5.32 Å². The number of aliphatic hydroxyl groups excluding tert-OH is 1. The van der Waals surface area contributed by atoms with E-state index in [1.807, 2.05) is 0 Å². The van der Waals surface area contributed by atoms with Crippen molar-refractivity contribution in [1.82, 2.24) is 10.2 Å². The fourth-order valence-electron chi connectivity index (χ4n) is 3.90. The van der Waals surface area contributed by atoms with E-state index in [1.54, 1.807) is 41.3 Å². The van der Waals surface area contributed by atoms with Gasteiger partial charge in [-0.15, -0.1) is 0 Å². The Morgan fingerprint density at radius 3 is 2.65 bits per heavy atom. The molecule has 0 saturated carbocycles. The number of fused-ring (bicyclic) bond motifs is 1. The van der Waals surface area contributed by atoms with Gasteiger partial charge in [-0.1, -0.05) is 30.3 Å². The number of aliphatic hydroxyl groups is 1. The van der Waals surface area contributed by atoms with Gasteiger partial charge in [-0.2, -0.15) is 13.2 Å². The van der Waals surface area contributed by atoms with Crippen molar-refractivity contribution in [2.24, 2.45) is 0 Å². The third-order valence-corrected chi connectivity index (χ3v) is 5.48. The number of amides is 1. The molecule has 162 valence electrons. The van der Waals surface area contributed by atoms with Crippen LogP contribution in [0.4, 0.5) is 17.6 Å². The van der Waals surface area contributed by atoms with Gasteiger partial charge in [-0.3, -0.25) is 4.79 Å². The van der Waals surface area contributed by atoms with Gasteiger partial charge in [0.2, 0.25) is 0 Å². The van der Waals surface area contributed by atoms with Crippen LogP contribution in [0, 0.1) is 5.82 Å². The van der Waals surface area contributed by atoms with E-state index in [9.17, 15) is 27.5 Å². The van der Waals surface area contributed by atoms with Gasteiger partial charge in [-0.05, 0) is 46.2 Å². The molecule has 0 spiro atoms. The van der Waals surface area contributed by atoms with Gasteiger partial charge in [-0.25, -0.2) is 4.39 Å². The lowest BCUT2D eigenvalue weighted by molar-refractivity contribution is -0.139. The number of halogens is 4. The summed E-state index contributed by atoms with van der Waals surface area (Å²) in [5.41, 5.74) is 0.0677. The summed E-state index contributed by atoms with van der Waals surface area (Å²) in [7, 11) is 0. The highest BCUT2D eigenvalue weighted by Crippen LogP contribution is 2.35. The van der Waals surface area contributed by atoms with Crippen LogP contribution >= 0.6 is 0 Å². The number of piperazine rings is 1. The lowest BCUT2D eigenvalue weighted by atomic mass is 9.95. The second-order valence-electron chi connectivity index (χ2n) is 7.52. The Morgan fingerprint density at radius 2 is 1.94 bits per heavy atom. The topological polar surface area (TPSA) is 52.6 Å². The molecule has 8 heteroatoms. The van der Waals surface area contributed by atoms with Crippen LogP contribution in [0.1, 0.15) is 15.9 Å². The molecule has 1 atom stereocenters. The van der Waals surface area contributed by atoms with E-state index in [0.29, 0.717) is 41.7 Å². The minimum Gasteiger partial charge on any atom is -0.395 e. The maximum Gasteiger partial charge on any atom is 0.419 e. The molecule has 0 aromatic heterocycles. The SMILES string of the molecule is O=C(c1ccc2c(-c3ccc(C(F)(F)F)c(F)c3)cccc2c1)N1CCNC(CO)C1. The fraction of sp³-hybridized carbons (Fsp3) is 0.261. The quantitative estimate of drug-likeness (QED) is 0.614. The number of nitrogens with zero attached hydrogens (tertiary/aromatic N) is 1. The van der Waals surface area contributed by atoms with Crippen molar-refractivity contribution in [1.29, 1.82) is 0 Å². The number of hydrogen-bond donors (Lipinski definition) is 2. The molecule has 1 unspecified atom stereocenters. The molecular formula is C23H20F4N2O2. The van der Waals surface area contributed by atoms with E-state index in [1.165, 1.54) is 6.07 Å². The van der Waals surface area contributed by atoms with Crippen molar-refractivity contribution >= 4 is 16.7 Å². The molecule has 4 rings (SSSR count). The molecule has 0 bridgehead atoms. The summed E-state index contributed by atoms with van der Waals surface area (Å²) in [6.07, 6.45) is -4.75. The Morgan fingerprint density at radius 1 is 1.13 bits per heavy atom. The monoisotopic (exact) mass is 432 g/mol. The van der Waals surface area contributed by atoms with Gasteiger partial charge in [0.25, 0.3) is 5.91 Å². The lowest BCUT2D eigenvalue weighted by Gasteiger charge is -2.32. The van der Waals surface area contributed by atoms with Crippen molar-refractivity contribution in [3.05, 3.63) is 71.5 Å². The summed E-state index contributed by atoms with van der Waals surface area (Å²) >= 11 is 0. The molecule has 4 nitrogen and oxygen atoms in total. The van der Waals surface area contributed by atoms with Crippen LogP contribution in [0.15, 0.2) is 54.6 Å². The summed E-state index contributed by atoms with van der Waals surface area (Å²) in [6, 6.07) is 13.0. The van der Waals surface area contributed by atoms with Gasteiger partial charge >= 0.3 is 6.18 Å². The molecule has 0 radical (unpaired) electrons. The number of carbonyl (C=O) groups is 1. The maximum atomic E-state index is 14.1. The summed E-state index contributed by atoms with van der Waals surface area (Å²) in [6.45, 7) is 1.46. The Labute approximate surface area is 176 Å². The minimum atomic E-state index is -4.75. The zero-order chi connectivity index (χ0) is 22.2. The summed E-state index contributed by atoms with van der Waals surface area (Å²) in [5, 5.41) is 13.9. The van der Waals surface area contributed by atoms with E-state index in [0.717, 1.165) is 17.5 Å². The number of nitrogens with one attached hydrogen (secondary N) is 1. The van der Waals surface area contributed by atoms with Crippen LogP contribution in [0.25, 0.3) is 21.9 Å². The molecule has 2 N–H and O–H groups in total. The Bertz CT molecular complexity index is 1130.